The highest BCUT2D eigenvalue weighted by atomic mass is 14.6. The summed E-state index contributed by atoms with van der Waals surface area (Å²) in [6.07, 6.45) is 6.02. The number of pyridine rings is 1. The van der Waals surface area contributed by atoms with Crippen molar-refractivity contribution >= 4 is 6.08 Å². The molecule has 1 aromatic carbocycles. The van der Waals surface area contributed by atoms with Gasteiger partial charge in [0.25, 0.3) is 0 Å². The van der Waals surface area contributed by atoms with Crippen molar-refractivity contribution in [3.8, 4) is 11.1 Å². The second-order valence-electron chi connectivity index (χ2n) is 4.65. The highest BCUT2D eigenvalue weighted by molar-refractivity contribution is 5.81. The zero-order valence-corrected chi connectivity index (χ0v) is 10.1. The van der Waals surface area contributed by atoms with E-state index in [1.54, 1.807) is 0 Å². The normalized spacial score (nSPS) is 17.8. The van der Waals surface area contributed by atoms with Crippen LogP contribution in [0.5, 0.6) is 0 Å². The van der Waals surface area contributed by atoms with Crippen molar-refractivity contribution in [2.24, 2.45) is 0 Å². The number of benzene rings is 1. The fourth-order valence-electron chi connectivity index (χ4n) is 2.50. The van der Waals surface area contributed by atoms with Gasteiger partial charge in [-0.25, -0.2) is 0 Å². The highest BCUT2D eigenvalue weighted by Gasteiger charge is 2.20. The maximum atomic E-state index is 4.08. The van der Waals surface area contributed by atoms with E-state index in [0.717, 1.165) is 0 Å². The van der Waals surface area contributed by atoms with E-state index in [0.29, 0.717) is 5.92 Å². The van der Waals surface area contributed by atoms with E-state index < -0.39 is 0 Å². The number of nitrogens with zero attached hydrogens (tertiary/aromatic N) is 1. The zero-order valence-electron chi connectivity index (χ0n) is 10.1. The van der Waals surface area contributed by atoms with Gasteiger partial charge in [0.2, 0.25) is 0 Å². The van der Waals surface area contributed by atoms with Gasteiger partial charge in [-0.2, -0.15) is 0 Å². The van der Waals surface area contributed by atoms with Gasteiger partial charge in [-0.3, -0.25) is 4.98 Å². The van der Waals surface area contributed by atoms with Crippen molar-refractivity contribution in [3.05, 3.63) is 59.4 Å². The molecule has 3 rings (SSSR count). The van der Waals surface area contributed by atoms with Gasteiger partial charge < -0.3 is 0 Å². The van der Waals surface area contributed by atoms with Crippen LogP contribution >= 0.6 is 0 Å². The Bertz CT molecular complexity index is 582. The van der Waals surface area contributed by atoms with Crippen molar-refractivity contribution in [1.29, 1.82) is 0 Å². The Kier molecular flexibility index (Phi) is 2.32. The first-order valence-corrected chi connectivity index (χ1v) is 5.99. The van der Waals surface area contributed by atoms with Gasteiger partial charge in [-0.05, 0) is 41.3 Å². The molecule has 0 fully saturated rings. The third-order valence-corrected chi connectivity index (χ3v) is 3.65. The van der Waals surface area contributed by atoms with Crippen LogP contribution in [0, 0.1) is 0 Å². The number of hydrogen-bond donors (Lipinski definition) is 0. The summed E-state index contributed by atoms with van der Waals surface area (Å²) in [5, 5.41) is 0. The Hall–Kier alpha value is -1.89. The Morgan fingerprint density at radius 3 is 2.59 bits per heavy atom. The van der Waals surface area contributed by atoms with Gasteiger partial charge in [0.05, 0.1) is 0 Å². The zero-order chi connectivity index (χ0) is 11.8. The van der Waals surface area contributed by atoms with Crippen LogP contribution in [0.4, 0.5) is 0 Å². The molecule has 0 N–H and O–H groups in total. The lowest BCUT2D eigenvalue weighted by Crippen LogP contribution is -1.91. The summed E-state index contributed by atoms with van der Waals surface area (Å²) in [6, 6.07) is 10.7. The molecule has 0 bridgehead atoms. The molecule has 17 heavy (non-hydrogen) atoms. The Morgan fingerprint density at radius 2 is 1.82 bits per heavy atom. The van der Waals surface area contributed by atoms with Crippen molar-refractivity contribution in [1.82, 2.24) is 4.98 Å². The Labute approximate surface area is 102 Å². The van der Waals surface area contributed by atoms with Crippen LogP contribution in [-0.2, 0) is 0 Å². The number of aromatic nitrogens is 1. The third kappa shape index (κ3) is 1.59. The van der Waals surface area contributed by atoms with Gasteiger partial charge in [0.15, 0.2) is 0 Å². The number of rotatable bonds is 1. The molecule has 1 nitrogen and oxygen atoms in total. The maximum absolute atomic E-state index is 4.08. The van der Waals surface area contributed by atoms with Gasteiger partial charge in [0.1, 0.15) is 0 Å². The first kappa shape index (κ1) is 10.3. The predicted molar refractivity (Wildman–Crippen MR) is 71.7 cm³/mol. The minimum atomic E-state index is 0.548. The lowest BCUT2D eigenvalue weighted by atomic mass is 9.94. The van der Waals surface area contributed by atoms with Crippen molar-refractivity contribution < 1.29 is 0 Å². The smallest absolute Gasteiger partial charge is 0.0273 e. The topological polar surface area (TPSA) is 12.9 Å². The van der Waals surface area contributed by atoms with Gasteiger partial charge in [-0.1, -0.05) is 36.8 Å². The van der Waals surface area contributed by atoms with Crippen LogP contribution in [0.2, 0.25) is 0 Å². The molecule has 1 unspecified atom stereocenters. The summed E-state index contributed by atoms with van der Waals surface area (Å²) in [7, 11) is 0. The van der Waals surface area contributed by atoms with E-state index in [-0.39, 0.29) is 0 Å². The van der Waals surface area contributed by atoms with Crippen LogP contribution in [0.15, 0.2) is 48.3 Å². The van der Waals surface area contributed by atoms with Crippen molar-refractivity contribution in [2.45, 2.75) is 19.8 Å². The summed E-state index contributed by atoms with van der Waals surface area (Å²) in [6.45, 7) is 4.48. The summed E-state index contributed by atoms with van der Waals surface area (Å²) in [5.74, 6) is 0.548. The van der Waals surface area contributed by atoms with Crippen molar-refractivity contribution in [3.63, 3.8) is 0 Å². The summed E-state index contributed by atoms with van der Waals surface area (Å²) >= 11 is 0. The number of allylic oxidation sites excluding steroid dienone is 1. The lowest BCUT2D eigenvalue weighted by Gasteiger charge is -2.10. The maximum Gasteiger partial charge on any atom is 0.0273 e. The van der Waals surface area contributed by atoms with Crippen molar-refractivity contribution in [2.75, 3.05) is 0 Å². The predicted octanol–water partition coefficient (Wildman–Crippen LogP) is 4.27. The summed E-state index contributed by atoms with van der Waals surface area (Å²) in [5.41, 5.74) is 6.82. The second-order valence-corrected chi connectivity index (χ2v) is 4.65. The molecule has 1 aliphatic rings. The molecule has 0 saturated heterocycles. The fourth-order valence-corrected chi connectivity index (χ4v) is 2.50. The molecule has 0 amide bonds. The molecule has 0 saturated carbocycles. The largest absolute Gasteiger partial charge is 0.265 e. The van der Waals surface area contributed by atoms with E-state index in [1.807, 2.05) is 12.4 Å². The molecule has 0 aliphatic heterocycles. The quantitative estimate of drug-likeness (QED) is 0.700. The van der Waals surface area contributed by atoms with Crippen LogP contribution in [0.25, 0.3) is 17.2 Å². The number of hydrogen-bond acceptors (Lipinski definition) is 1. The highest BCUT2D eigenvalue weighted by Crippen LogP contribution is 2.40. The summed E-state index contributed by atoms with van der Waals surface area (Å²) in [4.78, 5) is 4.08. The molecule has 0 radical (unpaired) electrons. The molecule has 2 aromatic rings. The van der Waals surface area contributed by atoms with Gasteiger partial charge >= 0.3 is 0 Å². The molecule has 1 heteroatoms. The third-order valence-electron chi connectivity index (χ3n) is 3.65. The first-order chi connectivity index (χ1) is 8.27. The first-order valence-electron chi connectivity index (χ1n) is 5.99. The van der Waals surface area contributed by atoms with Crippen LogP contribution in [0.3, 0.4) is 0 Å². The van der Waals surface area contributed by atoms with E-state index in [1.165, 1.54) is 27.8 Å². The van der Waals surface area contributed by atoms with Crippen LogP contribution < -0.4 is 0 Å². The van der Waals surface area contributed by atoms with Gasteiger partial charge in [0, 0.05) is 18.3 Å². The second kappa shape index (κ2) is 3.85. The SMILES string of the molecule is CC1=Cc2c(-c3ccncc3)cccc2C1C. The molecule has 0 spiro atoms. The summed E-state index contributed by atoms with van der Waals surface area (Å²) < 4.78 is 0. The lowest BCUT2D eigenvalue weighted by molar-refractivity contribution is 0.922. The van der Waals surface area contributed by atoms with E-state index in [2.05, 4.69) is 55.2 Å². The van der Waals surface area contributed by atoms with Gasteiger partial charge in [-0.15, -0.1) is 0 Å². The Balaban J connectivity index is 2.22. The fraction of sp³-hybridized carbons (Fsp3) is 0.188. The standard InChI is InChI=1S/C16H15N/c1-11-10-16-14(12(11)2)4-3-5-15(16)13-6-8-17-9-7-13/h3-10,12H,1-2H3. The minimum Gasteiger partial charge on any atom is -0.265 e. The molecular formula is C16H15N. The van der Waals surface area contributed by atoms with E-state index in [4.69, 9.17) is 0 Å². The molecule has 1 aliphatic carbocycles. The average Bonchev–Trinajstić information content (AvgIpc) is 2.67. The monoisotopic (exact) mass is 221 g/mol. The minimum absolute atomic E-state index is 0.548. The molecule has 84 valence electrons. The molecule has 1 atom stereocenters. The van der Waals surface area contributed by atoms with E-state index >= 15 is 0 Å². The van der Waals surface area contributed by atoms with Crippen LogP contribution in [-0.4, -0.2) is 4.98 Å². The Morgan fingerprint density at radius 1 is 1.06 bits per heavy atom. The molecule has 1 aromatic heterocycles. The molecule has 1 heterocycles. The number of fused-ring (bicyclic) bond motifs is 1. The molecular weight excluding hydrogens is 206 g/mol. The van der Waals surface area contributed by atoms with Crippen LogP contribution in [0.1, 0.15) is 30.9 Å². The van der Waals surface area contributed by atoms with E-state index in [9.17, 15) is 0 Å². The average molecular weight is 221 g/mol.